The summed E-state index contributed by atoms with van der Waals surface area (Å²) in [4.78, 5) is 19.9. The van der Waals surface area contributed by atoms with Crippen LogP contribution in [0.3, 0.4) is 0 Å². The Balaban J connectivity index is 2.02. The van der Waals surface area contributed by atoms with Crippen LogP contribution in [0.4, 0.5) is 13.2 Å². The minimum Gasteiger partial charge on any atom is -0.461 e. The second-order valence-corrected chi connectivity index (χ2v) is 6.48. The molecule has 0 amide bonds. The van der Waals surface area contributed by atoms with Gasteiger partial charge in [0.1, 0.15) is 18.2 Å². The molecule has 3 rings (SSSR count). The lowest BCUT2D eigenvalue weighted by atomic mass is 10.2. The Bertz CT molecular complexity index is 1010. The van der Waals surface area contributed by atoms with E-state index >= 15 is 0 Å². The Hall–Kier alpha value is -2.61. The van der Waals surface area contributed by atoms with Gasteiger partial charge < -0.3 is 4.74 Å². The van der Waals surface area contributed by atoms with Crippen LogP contribution in [-0.4, -0.2) is 20.5 Å². The van der Waals surface area contributed by atoms with Crippen LogP contribution in [0.15, 0.2) is 30.5 Å². The third-order valence-corrected chi connectivity index (χ3v) is 4.47. The number of benzene rings is 1. The lowest BCUT2D eigenvalue weighted by molar-refractivity contribution is -0.144. The van der Waals surface area contributed by atoms with Gasteiger partial charge >= 0.3 is 12.1 Å². The van der Waals surface area contributed by atoms with Gasteiger partial charge in [0.2, 0.25) is 0 Å². The Morgan fingerprint density at radius 2 is 2.00 bits per heavy atom. The molecule has 28 heavy (non-hydrogen) atoms. The van der Waals surface area contributed by atoms with Crippen LogP contribution in [0, 0.1) is 0 Å². The number of rotatable bonds is 5. The van der Waals surface area contributed by atoms with E-state index in [0.717, 1.165) is 6.07 Å². The van der Waals surface area contributed by atoms with Gasteiger partial charge in [0.15, 0.2) is 0 Å². The highest BCUT2D eigenvalue weighted by Crippen LogP contribution is 2.37. The fourth-order valence-corrected chi connectivity index (χ4v) is 3.02. The standard InChI is InChI=1S/C19H17ClF3N3O2/c1-3-16-25-14-7-12(19(21,22)23)13(20)8-15(14)26(16)17-6-5-11(9-24-17)10-28-18(27)4-2/h5-9H,3-4,10H2,1-2H3. The maximum atomic E-state index is 13.1. The van der Waals surface area contributed by atoms with E-state index in [9.17, 15) is 18.0 Å². The molecule has 0 fully saturated rings. The molecule has 2 heterocycles. The normalized spacial score (nSPS) is 11.8. The van der Waals surface area contributed by atoms with E-state index in [2.05, 4.69) is 9.97 Å². The predicted molar refractivity (Wildman–Crippen MR) is 98.3 cm³/mol. The maximum Gasteiger partial charge on any atom is 0.417 e. The maximum absolute atomic E-state index is 13.1. The molecule has 2 aromatic heterocycles. The summed E-state index contributed by atoms with van der Waals surface area (Å²) in [5.74, 6) is 0.733. The topological polar surface area (TPSA) is 57.0 Å². The number of hydrogen-bond acceptors (Lipinski definition) is 4. The summed E-state index contributed by atoms with van der Waals surface area (Å²) in [5.41, 5.74) is 0.407. The molecule has 3 aromatic rings. The highest BCUT2D eigenvalue weighted by molar-refractivity contribution is 6.32. The number of esters is 1. The molecule has 0 unspecified atom stereocenters. The molecule has 0 spiro atoms. The summed E-state index contributed by atoms with van der Waals surface area (Å²) in [7, 11) is 0. The monoisotopic (exact) mass is 411 g/mol. The second-order valence-electron chi connectivity index (χ2n) is 6.07. The summed E-state index contributed by atoms with van der Waals surface area (Å²) < 4.78 is 46.1. The number of carbonyl (C=O) groups excluding carboxylic acids is 1. The van der Waals surface area contributed by atoms with Crippen molar-refractivity contribution in [2.45, 2.75) is 39.5 Å². The molecule has 0 N–H and O–H groups in total. The molecule has 1 aromatic carbocycles. The van der Waals surface area contributed by atoms with Crippen LogP contribution in [0.2, 0.25) is 5.02 Å². The Kier molecular flexibility index (Phi) is 5.60. The van der Waals surface area contributed by atoms with E-state index in [1.807, 2.05) is 6.92 Å². The highest BCUT2D eigenvalue weighted by atomic mass is 35.5. The number of hydrogen-bond donors (Lipinski definition) is 0. The number of aromatic nitrogens is 3. The summed E-state index contributed by atoms with van der Waals surface area (Å²) in [6, 6.07) is 5.64. The highest BCUT2D eigenvalue weighted by Gasteiger charge is 2.34. The first-order valence-corrected chi connectivity index (χ1v) is 9.01. The molecule has 0 atom stereocenters. The largest absolute Gasteiger partial charge is 0.461 e. The van der Waals surface area contributed by atoms with Gasteiger partial charge in [0.25, 0.3) is 0 Å². The fourth-order valence-electron chi connectivity index (χ4n) is 2.76. The zero-order chi connectivity index (χ0) is 20.5. The van der Waals surface area contributed by atoms with E-state index in [-0.39, 0.29) is 24.5 Å². The number of carbonyl (C=O) groups is 1. The van der Waals surface area contributed by atoms with E-state index in [4.69, 9.17) is 16.3 Å². The lowest BCUT2D eigenvalue weighted by Gasteiger charge is -2.11. The van der Waals surface area contributed by atoms with Gasteiger partial charge in [0.05, 0.1) is 21.6 Å². The van der Waals surface area contributed by atoms with Crippen molar-refractivity contribution in [2.24, 2.45) is 0 Å². The van der Waals surface area contributed by atoms with E-state index in [0.29, 0.717) is 29.1 Å². The molecule has 0 aliphatic heterocycles. The van der Waals surface area contributed by atoms with Crippen LogP contribution >= 0.6 is 11.6 Å². The van der Waals surface area contributed by atoms with Crippen molar-refractivity contribution >= 4 is 28.6 Å². The number of imidazole rings is 1. The zero-order valence-electron chi connectivity index (χ0n) is 15.2. The molecule has 0 aliphatic carbocycles. The van der Waals surface area contributed by atoms with Crippen LogP contribution < -0.4 is 0 Å². The predicted octanol–water partition coefficient (Wildman–Crippen LogP) is 5.11. The smallest absolute Gasteiger partial charge is 0.417 e. The summed E-state index contributed by atoms with van der Waals surface area (Å²) in [5, 5.41) is -0.396. The number of ether oxygens (including phenoxy) is 1. The van der Waals surface area contributed by atoms with Crippen molar-refractivity contribution in [3.05, 3.63) is 52.4 Å². The first kappa shape index (κ1) is 20.1. The summed E-state index contributed by atoms with van der Waals surface area (Å²) >= 11 is 5.88. The number of nitrogens with zero attached hydrogens (tertiary/aromatic N) is 3. The number of aryl methyl sites for hydroxylation is 1. The lowest BCUT2D eigenvalue weighted by Crippen LogP contribution is -2.06. The summed E-state index contributed by atoms with van der Waals surface area (Å²) in [6.07, 6.45) is -2.23. The molecule has 0 saturated carbocycles. The first-order valence-electron chi connectivity index (χ1n) is 8.63. The second kappa shape index (κ2) is 7.79. The molecule has 0 bridgehead atoms. The van der Waals surface area contributed by atoms with Gasteiger partial charge in [-0.05, 0) is 18.2 Å². The van der Waals surface area contributed by atoms with Crippen molar-refractivity contribution in [2.75, 3.05) is 0 Å². The minimum absolute atomic E-state index is 0.103. The third kappa shape index (κ3) is 3.96. The van der Waals surface area contributed by atoms with Gasteiger partial charge in [-0.2, -0.15) is 13.2 Å². The fraction of sp³-hybridized carbons (Fsp3) is 0.316. The van der Waals surface area contributed by atoms with Crippen molar-refractivity contribution in [1.82, 2.24) is 14.5 Å². The zero-order valence-corrected chi connectivity index (χ0v) is 15.9. The molecule has 0 radical (unpaired) electrons. The number of alkyl halides is 3. The molecule has 148 valence electrons. The van der Waals surface area contributed by atoms with Crippen LogP contribution in [0.25, 0.3) is 16.9 Å². The Morgan fingerprint density at radius 3 is 2.57 bits per heavy atom. The van der Waals surface area contributed by atoms with Crippen LogP contribution in [0.5, 0.6) is 0 Å². The van der Waals surface area contributed by atoms with Crippen LogP contribution in [0.1, 0.15) is 37.2 Å². The van der Waals surface area contributed by atoms with E-state index < -0.39 is 16.8 Å². The van der Waals surface area contributed by atoms with Crippen molar-refractivity contribution in [3.8, 4) is 5.82 Å². The van der Waals surface area contributed by atoms with Gasteiger partial charge in [-0.25, -0.2) is 9.97 Å². The van der Waals surface area contributed by atoms with Crippen LogP contribution in [-0.2, 0) is 28.7 Å². The first-order chi connectivity index (χ1) is 13.2. The van der Waals surface area contributed by atoms with Gasteiger partial charge in [-0.15, -0.1) is 0 Å². The van der Waals surface area contributed by atoms with Crippen molar-refractivity contribution in [3.63, 3.8) is 0 Å². The molecular weight excluding hydrogens is 395 g/mol. The third-order valence-electron chi connectivity index (χ3n) is 4.16. The SMILES string of the molecule is CCC(=O)OCc1ccc(-n2c(CC)nc3cc(C(F)(F)F)c(Cl)cc32)nc1. The number of pyridine rings is 1. The molecular formula is C19H17ClF3N3O2. The molecule has 5 nitrogen and oxygen atoms in total. The van der Waals surface area contributed by atoms with Gasteiger partial charge in [-0.3, -0.25) is 9.36 Å². The van der Waals surface area contributed by atoms with Gasteiger partial charge in [0, 0.05) is 24.6 Å². The Morgan fingerprint density at radius 1 is 1.25 bits per heavy atom. The van der Waals surface area contributed by atoms with Gasteiger partial charge in [-0.1, -0.05) is 31.5 Å². The Labute approximate surface area is 164 Å². The quantitative estimate of drug-likeness (QED) is 0.547. The molecule has 0 saturated heterocycles. The minimum atomic E-state index is -4.56. The molecule has 9 heteroatoms. The average Bonchev–Trinajstić information content (AvgIpc) is 3.02. The number of fused-ring (bicyclic) bond motifs is 1. The molecule has 0 aliphatic rings. The number of halogens is 4. The average molecular weight is 412 g/mol. The van der Waals surface area contributed by atoms with E-state index in [1.54, 1.807) is 29.8 Å². The summed E-state index contributed by atoms with van der Waals surface area (Å²) in [6.45, 7) is 3.66. The van der Waals surface area contributed by atoms with Crippen molar-refractivity contribution < 1.29 is 22.7 Å². The van der Waals surface area contributed by atoms with E-state index in [1.165, 1.54) is 6.07 Å². The van der Waals surface area contributed by atoms with Crippen molar-refractivity contribution in [1.29, 1.82) is 0 Å².